The maximum atomic E-state index is 15.9. The lowest BCUT2D eigenvalue weighted by molar-refractivity contribution is 0.629. The Hall–Kier alpha value is -11.5. The molecule has 0 aliphatic heterocycles. The summed E-state index contributed by atoms with van der Waals surface area (Å²) in [6.07, 6.45) is 3.10. The van der Waals surface area contributed by atoms with Crippen LogP contribution >= 0.6 is 0 Å². The smallest absolute Gasteiger partial charge is 0.123 e. The van der Waals surface area contributed by atoms with Crippen molar-refractivity contribution in [3.8, 4) is 55.9 Å². The number of fused-ring (bicyclic) bond motifs is 10. The Labute approximate surface area is 542 Å². The highest BCUT2D eigenvalue weighted by Gasteiger charge is 2.47. The molecule has 2 unspecified atom stereocenters. The van der Waals surface area contributed by atoms with Crippen LogP contribution in [0.25, 0.3) is 99.2 Å². The number of nitrogens with zero attached hydrogens (tertiary/aromatic N) is 5. The quantitative estimate of drug-likeness (QED) is 0.122. The van der Waals surface area contributed by atoms with Crippen molar-refractivity contribution in [1.82, 2.24) is 19.2 Å². The molecule has 446 valence electrons. The lowest BCUT2D eigenvalue weighted by Gasteiger charge is -2.34. The van der Waals surface area contributed by atoms with Gasteiger partial charge < -0.3 is 4.90 Å². The Morgan fingerprint density at radius 3 is 1.53 bits per heavy atom. The summed E-state index contributed by atoms with van der Waals surface area (Å²) < 4.78 is 35.1. The van der Waals surface area contributed by atoms with Crippen LogP contribution in [0.15, 0.2) is 303 Å². The van der Waals surface area contributed by atoms with Gasteiger partial charge in [-0.25, -0.2) is 17.8 Å². The van der Waals surface area contributed by atoms with Crippen LogP contribution in [-0.2, 0) is 5.41 Å². The summed E-state index contributed by atoms with van der Waals surface area (Å²) in [4.78, 5) is 2.31. The Morgan fingerprint density at radius 2 is 0.872 bits per heavy atom. The van der Waals surface area contributed by atoms with Crippen molar-refractivity contribution in [3.63, 3.8) is 0 Å². The van der Waals surface area contributed by atoms with E-state index in [1.54, 1.807) is 24.3 Å². The summed E-state index contributed by atoms with van der Waals surface area (Å²) in [5, 5.41) is 17.2. The van der Waals surface area contributed by atoms with E-state index in [9.17, 15) is 4.39 Å². The summed E-state index contributed by atoms with van der Waals surface area (Å²) in [6.45, 7) is 0. The van der Waals surface area contributed by atoms with E-state index in [2.05, 4.69) is 275 Å². The Kier molecular flexibility index (Phi) is 12.3. The second-order valence-corrected chi connectivity index (χ2v) is 25.8. The third kappa shape index (κ3) is 8.57. The minimum absolute atomic E-state index is 0.106. The van der Waals surface area contributed by atoms with E-state index in [1.807, 2.05) is 18.2 Å². The van der Waals surface area contributed by atoms with Gasteiger partial charge in [0.15, 0.2) is 0 Å². The zero-order valence-electron chi connectivity index (χ0n) is 51.2. The van der Waals surface area contributed by atoms with E-state index < -0.39 is 5.41 Å². The fourth-order valence-corrected chi connectivity index (χ4v) is 15.9. The van der Waals surface area contributed by atoms with E-state index in [4.69, 9.17) is 10.2 Å². The topological polar surface area (TPSA) is 37.8 Å². The van der Waals surface area contributed by atoms with Crippen molar-refractivity contribution < 1.29 is 8.78 Å². The maximum Gasteiger partial charge on any atom is 0.123 e. The molecule has 7 heteroatoms. The summed E-state index contributed by atoms with van der Waals surface area (Å²) >= 11 is 0. The van der Waals surface area contributed by atoms with Crippen molar-refractivity contribution in [2.45, 2.75) is 42.4 Å². The monoisotopic (exact) mass is 1210 g/mol. The highest BCUT2D eigenvalue weighted by atomic mass is 19.1. The van der Waals surface area contributed by atoms with Gasteiger partial charge in [0.1, 0.15) is 23.0 Å². The van der Waals surface area contributed by atoms with Gasteiger partial charge in [0.05, 0.1) is 16.4 Å². The number of benzene rings is 12. The number of halogens is 2. The van der Waals surface area contributed by atoms with Crippen molar-refractivity contribution in [1.29, 1.82) is 0 Å². The van der Waals surface area contributed by atoms with Gasteiger partial charge >= 0.3 is 0 Å². The van der Waals surface area contributed by atoms with E-state index >= 15 is 4.39 Å². The van der Waals surface area contributed by atoms with Crippen LogP contribution in [0.4, 0.5) is 25.8 Å². The van der Waals surface area contributed by atoms with Crippen LogP contribution in [0.5, 0.6) is 0 Å². The molecule has 12 aromatic carbocycles. The third-order valence-electron chi connectivity index (χ3n) is 20.4. The summed E-state index contributed by atoms with van der Waals surface area (Å²) in [5.41, 5.74) is 23.1. The Bertz CT molecular complexity index is 5640. The molecule has 5 nitrogen and oxygen atoms in total. The SMILES string of the molecule is Fc1ccc2c(c1)cc(C1CC1)n1nc(-c3ccc(N(c4ccccc4)c4ccc(C5CC5c5cc6cc(F)ccc6c6c(-c7ccc8c(c7)C(c7ccccc7)(c7ccccc7)c7ccccc7-8)c(-c7ccc8ccccc8c7)nn56)cc4)cc3)c(-c3ccccc3)c21. The fraction of sp³-hybridized carbons (Fsp3) is 0.0805. The second-order valence-electron chi connectivity index (χ2n) is 25.8. The number of pyridine rings is 2. The van der Waals surface area contributed by atoms with E-state index in [-0.39, 0.29) is 23.5 Å². The minimum Gasteiger partial charge on any atom is -0.311 e. The fourth-order valence-electron chi connectivity index (χ4n) is 15.9. The Morgan fingerprint density at radius 1 is 0.362 bits per heavy atom. The molecular formula is C87H59F2N5. The van der Waals surface area contributed by atoms with Gasteiger partial charge in [-0.1, -0.05) is 206 Å². The van der Waals surface area contributed by atoms with Crippen LogP contribution in [0.3, 0.4) is 0 Å². The van der Waals surface area contributed by atoms with E-state index in [1.165, 1.54) is 38.9 Å². The predicted octanol–water partition coefficient (Wildman–Crippen LogP) is 22.4. The van der Waals surface area contributed by atoms with Gasteiger partial charge in [0.2, 0.25) is 0 Å². The molecule has 2 fully saturated rings. The first-order valence-corrected chi connectivity index (χ1v) is 32.7. The molecule has 0 saturated heterocycles. The highest BCUT2D eigenvalue weighted by Crippen LogP contribution is 2.59. The number of para-hydroxylation sites is 1. The van der Waals surface area contributed by atoms with Crippen LogP contribution in [-0.4, -0.2) is 19.2 Å². The molecule has 16 aromatic rings. The average Bonchev–Trinajstić information content (AvgIpc) is 1.53. The van der Waals surface area contributed by atoms with Gasteiger partial charge in [-0.05, 0) is 194 Å². The normalized spacial score (nSPS) is 15.5. The van der Waals surface area contributed by atoms with Crippen LogP contribution in [0.1, 0.15) is 76.2 Å². The zero-order chi connectivity index (χ0) is 62.2. The largest absolute Gasteiger partial charge is 0.311 e. The molecule has 0 spiro atoms. The van der Waals surface area contributed by atoms with Gasteiger partial charge in [-0.15, -0.1) is 0 Å². The van der Waals surface area contributed by atoms with E-state index in [0.717, 1.165) is 136 Å². The van der Waals surface area contributed by atoms with Crippen LogP contribution < -0.4 is 4.90 Å². The summed E-state index contributed by atoms with van der Waals surface area (Å²) in [5.74, 6) is 0.175. The highest BCUT2D eigenvalue weighted by molar-refractivity contribution is 6.10. The van der Waals surface area contributed by atoms with Gasteiger partial charge in [0, 0.05) is 73.3 Å². The molecular weight excluding hydrogens is 1150 g/mol. The standard InChI is InChI=1S/C87H59F2N5/c88-66-38-45-71-62(48-66)51-79(56-30-31-56)93-85(71)81(57-18-5-1-6-19-57)83(90-93)58-35-42-70(43-36-58)92(68-25-11-4-12-26-68)69-40-33-55(34-41-69)75-53-76(75)80-52-63-49-67(89)39-46-72(63)86-82(84(91-94(80)86)61-32-29-54-17-13-14-20-59(54)47-61)60-37-44-74-73-27-15-16-28-77(73)87(78(74)50-60,64-21-7-2-8-22-64)65-23-9-3-10-24-65/h1-29,32-52,56,75-76H,30-31,53H2. The van der Waals surface area contributed by atoms with Gasteiger partial charge in [-0.3, -0.25) is 0 Å². The zero-order valence-corrected chi connectivity index (χ0v) is 51.2. The molecule has 2 atom stereocenters. The first kappa shape index (κ1) is 54.2. The molecule has 0 N–H and O–H groups in total. The number of hydrogen-bond donors (Lipinski definition) is 0. The first-order chi connectivity index (χ1) is 46.4. The summed E-state index contributed by atoms with van der Waals surface area (Å²) in [6, 6.07) is 107. The molecule has 2 saturated carbocycles. The Balaban J connectivity index is 0.726. The number of hydrogen-bond acceptors (Lipinski definition) is 3. The predicted molar refractivity (Wildman–Crippen MR) is 379 cm³/mol. The van der Waals surface area contributed by atoms with Crippen molar-refractivity contribution in [3.05, 3.63) is 354 Å². The molecule has 0 radical (unpaired) electrons. The van der Waals surface area contributed by atoms with E-state index in [0.29, 0.717) is 5.92 Å². The first-order valence-electron chi connectivity index (χ1n) is 32.7. The third-order valence-corrected chi connectivity index (χ3v) is 20.4. The van der Waals surface area contributed by atoms with Crippen molar-refractivity contribution in [2.24, 2.45) is 0 Å². The molecule has 4 heterocycles. The summed E-state index contributed by atoms with van der Waals surface area (Å²) in [7, 11) is 0. The number of rotatable bonds is 12. The lowest BCUT2D eigenvalue weighted by atomic mass is 9.67. The molecule has 3 aliphatic carbocycles. The average molecular weight is 1210 g/mol. The molecule has 4 aromatic heterocycles. The number of anilines is 3. The van der Waals surface area contributed by atoms with Gasteiger partial charge in [0.25, 0.3) is 0 Å². The maximum absolute atomic E-state index is 15.9. The lowest BCUT2D eigenvalue weighted by Crippen LogP contribution is -2.28. The van der Waals surface area contributed by atoms with Crippen molar-refractivity contribution >= 4 is 60.4 Å². The molecule has 3 aliphatic rings. The molecule has 0 amide bonds. The van der Waals surface area contributed by atoms with Crippen LogP contribution in [0.2, 0.25) is 0 Å². The number of aromatic nitrogens is 4. The van der Waals surface area contributed by atoms with Crippen LogP contribution in [0, 0.1) is 11.6 Å². The van der Waals surface area contributed by atoms with Gasteiger partial charge in [-0.2, -0.15) is 10.2 Å². The molecule has 0 bridgehead atoms. The second kappa shape index (κ2) is 21.3. The minimum atomic E-state index is -0.614. The molecule has 94 heavy (non-hydrogen) atoms. The molecule has 19 rings (SSSR count). The van der Waals surface area contributed by atoms with Crippen molar-refractivity contribution in [2.75, 3.05) is 4.90 Å².